The second-order valence-corrected chi connectivity index (χ2v) is 5.30. The Kier molecular flexibility index (Phi) is 4.98. The van der Waals surface area contributed by atoms with Crippen LogP contribution in [0.1, 0.15) is 24.0 Å². The molecule has 0 bridgehead atoms. The maximum atomic E-state index is 11.1. The molecule has 5 nitrogen and oxygen atoms in total. The van der Waals surface area contributed by atoms with Crippen molar-refractivity contribution in [2.45, 2.75) is 25.9 Å². The number of ether oxygens (including phenoxy) is 1. The number of hydrogen-bond acceptors (Lipinski definition) is 4. The fourth-order valence-electron chi connectivity index (χ4n) is 2.72. The first-order valence-corrected chi connectivity index (χ1v) is 7.01. The molecule has 1 aromatic rings. The molecule has 1 aliphatic rings. The number of nitrogens with two attached hydrogens (primary N) is 2. The Hall–Kier alpha value is -1.59. The van der Waals surface area contributed by atoms with Gasteiger partial charge in [0.25, 0.3) is 0 Å². The van der Waals surface area contributed by atoms with Gasteiger partial charge < -0.3 is 16.2 Å². The predicted octanol–water partition coefficient (Wildman–Crippen LogP) is 0.851. The fraction of sp³-hybridized carbons (Fsp3) is 0.533. The van der Waals surface area contributed by atoms with Gasteiger partial charge in [0, 0.05) is 24.6 Å². The highest BCUT2D eigenvalue weighted by atomic mass is 16.5. The number of hydrogen-bond donors (Lipinski definition) is 2. The van der Waals surface area contributed by atoms with E-state index in [9.17, 15) is 4.79 Å². The molecule has 0 aromatic heterocycles. The largest absolute Gasteiger partial charge is 0.496 e. The lowest BCUT2D eigenvalue weighted by Crippen LogP contribution is -2.38. The molecule has 4 N–H and O–H groups in total. The molecule has 0 atom stereocenters. The van der Waals surface area contributed by atoms with Gasteiger partial charge in [0.15, 0.2) is 0 Å². The van der Waals surface area contributed by atoms with E-state index >= 15 is 0 Å². The molecule has 0 unspecified atom stereocenters. The molecule has 1 aliphatic heterocycles. The van der Waals surface area contributed by atoms with Gasteiger partial charge in [-0.05, 0) is 43.6 Å². The highest BCUT2D eigenvalue weighted by molar-refractivity contribution is 5.76. The van der Waals surface area contributed by atoms with Crippen molar-refractivity contribution in [1.29, 1.82) is 0 Å². The zero-order valence-corrected chi connectivity index (χ0v) is 12.0. The summed E-state index contributed by atoms with van der Waals surface area (Å²) in [7, 11) is 1.66. The van der Waals surface area contributed by atoms with Crippen molar-refractivity contribution in [2.24, 2.45) is 17.4 Å². The number of methoxy groups -OCH3 is 1. The molecular formula is C15H23N3O2. The van der Waals surface area contributed by atoms with Gasteiger partial charge in [-0.2, -0.15) is 0 Å². The Morgan fingerprint density at radius 1 is 1.40 bits per heavy atom. The summed E-state index contributed by atoms with van der Waals surface area (Å²) in [6.45, 7) is 3.18. The zero-order valence-electron chi connectivity index (χ0n) is 12.0. The monoisotopic (exact) mass is 277 g/mol. The smallest absolute Gasteiger partial charge is 0.220 e. The molecule has 0 aliphatic carbocycles. The van der Waals surface area contributed by atoms with E-state index in [2.05, 4.69) is 17.0 Å². The second kappa shape index (κ2) is 6.72. The van der Waals surface area contributed by atoms with Crippen molar-refractivity contribution >= 4 is 5.91 Å². The maximum Gasteiger partial charge on any atom is 0.220 e. The lowest BCUT2D eigenvalue weighted by atomic mass is 9.96. The molecule has 1 aromatic carbocycles. The van der Waals surface area contributed by atoms with E-state index in [0.717, 1.165) is 43.8 Å². The summed E-state index contributed by atoms with van der Waals surface area (Å²) in [5.74, 6) is 0.713. The van der Waals surface area contributed by atoms with E-state index < -0.39 is 0 Å². The first-order chi connectivity index (χ1) is 9.63. The number of benzene rings is 1. The highest BCUT2D eigenvalue weighted by Crippen LogP contribution is 2.22. The lowest BCUT2D eigenvalue weighted by molar-refractivity contribution is -0.123. The first kappa shape index (κ1) is 14.8. The number of carbonyl (C=O) groups excluding carboxylic acids is 1. The van der Waals surface area contributed by atoms with Crippen molar-refractivity contribution in [3.63, 3.8) is 0 Å². The van der Waals surface area contributed by atoms with Crippen LogP contribution >= 0.6 is 0 Å². The average molecular weight is 277 g/mol. The topological polar surface area (TPSA) is 81.6 Å². The Bertz CT molecular complexity index is 468. The van der Waals surface area contributed by atoms with Gasteiger partial charge in [0.05, 0.1) is 7.11 Å². The molecule has 1 amide bonds. The number of rotatable bonds is 5. The van der Waals surface area contributed by atoms with E-state index in [0.29, 0.717) is 6.54 Å². The van der Waals surface area contributed by atoms with Gasteiger partial charge in [0.1, 0.15) is 5.75 Å². The van der Waals surface area contributed by atoms with Crippen molar-refractivity contribution in [2.75, 3.05) is 20.2 Å². The summed E-state index contributed by atoms with van der Waals surface area (Å²) in [6, 6.07) is 6.13. The standard InChI is InChI=1S/C15H23N3O2/c1-20-14-3-2-11(8-13(14)9-16)10-18-6-4-12(5-7-18)15(17)19/h2-3,8,12H,4-7,9-10,16H2,1H3,(H2,17,19). The summed E-state index contributed by atoms with van der Waals surface area (Å²) >= 11 is 0. The van der Waals surface area contributed by atoms with Crippen molar-refractivity contribution in [3.8, 4) is 5.75 Å². The molecule has 20 heavy (non-hydrogen) atoms. The van der Waals surface area contributed by atoms with Gasteiger partial charge >= 0.3 is 0 Å². The molecule has 1 heterocycles. The minimum Gasteiger partial charge on any atom is -0.496 e. The molecule has 0 saturated carbocycles. The predicted molar refractivity (Wildman–Crippen MR) is 78.1 cm³/mol. The number of carbonyl (C=O) groups is 1. The van der Waals surface area contributed by atoms with E-state index in [1.165, 1.54) is 5.56 Å². The number of piperidine rings is 1. The minimum absolute atomic E-state index is 0.0433. The summed E-state index contributed by atoms with van der Waals surface area (Å²) < 4.78 is 5.28. The molecule has 110 valence electrons. The normalized spacial score (nSPS) is 17.1. The van der Waals surface area contributed by atoms with Crippen LogP contribution < -0.4 is 16.2 Å². The number of primary amides is 1. The van der Waals surface area contributed by atoms with Crippen molar-refractivity contribution in [3.05, 3.63) is 29.3 Å². The molecule has 2 rings (SSSR count). The third kappa shape index (κ3) is 3.49. The highest BCUT2D eigenvalue weighted by Gasteiger charge is 2.23. The van der Waals surface area contributed by atoms with E-state index in [-0.39, 0.29) is 11.8 Å². The Morgan fingerprint density at radius 3 is 2.65 bits per heavy atom. The Morgan fingerprint density at radius 2 is 2.10 bits per heavy atom. The minimum atomic E-state index is -0.167. The molecule has 0 radical (unpaired) electrons. The summed E-state index contributed by atoms with van der Waals surface area (Å²) in [6.07, 6.45) is 1.71. The van der Waals surface area contributed by atoms with Crippen LogP contribution in [0.5, 0.6) is 5.75 Å². The maximum absolute atomic E-state index is 11.1. The van der Waals surface area contributed by atoms with E-state index in [1.807, 2.05) is 6.07 Å². The SMILES string of the molecule is COc1ccc(CN2CCC(C(N)=O)CC2)cc1CN. The van der Waals surface area contributed by atoms with Gasteiger partial charge in [0.2, 0.25) is 5.91 Å². The second-order valence-electron chi connectivity index (χ2n) is 5.30. The van der Waals surface area contributed by atoms with Gasteiger partial charge in [-0.15, -0.1) is 0 Å². The summed E-state index contributed by atoms with van der Waals surface area (Å²) in [5.41, 5.74) is 13.3. The van der Waals surface area contributed by atoms with Crippen molar-refractivity contribution in [1.82, 2.24) is 4.90 Å². The van der Waals surface area contributed by atoms with Crippen LogP contribution in [-0.4, -0.2) is 31.0 Å². The quantitative estimate of drug-likeness (QED) is 0.836. The Labute approximate surface area is 119 Å². The molecular weight excluding hydrogens is 254 g/mol. The van der Waals surface area contributed by atoms with E-state index in [1.54, 1.807) is 7.11 Å². The van der Waals surface area contributed by atoms with Crippen LogP contribution in [0.15, 0.2) is 18.2 Å². The van der Waals surface area contributed by atoms with Crippen LogP contribution in [0, 0.1) is 5.92 Å². The molecule has 5 heteroatoms. The number of nitrogens with zero attached hydrogens (tertiary/aromatic N) is 1. The lowest BCUT2D eigenvalue weighted by Gasteiger charge is -2.30. The van der Waals surface area contributed by atoms with Crippen LogP contribution in [0.2, 0.25) is 0 Å². The molecule has 1 fully saturated rings. The third-order valence-electron chi connectivity index (χ3n) is 3.96. The van der Waals surface area contributed by atoms with Gasteiger partial charge in [-0.25, -0.2) is 0 Å². The number of amides is 1. The van der Waals surface area contributed by atoms with Crippen LogP contribution in [0.4, 0.5) is 0 Å². The summed E-state index contributed by atoms with van der Waals surface area (Å²) in [4.78, 5) is 13.5. The third-order valence-corrected chi connectivity index (χ3v) is 3.96. The number of likely N-dealkylation sites (tertiary alicyclic amines) is 1. The van der Waals surface area contributed by atoms with Crippen LogP contribution in [0.25, 0.3) is 0 Å². The van der Waals surface area contributed by atoms with Crippen LogP contribution in [-0.2, 0) is 17.9 Å². The van der Waals surface area contributed by atoms with Crippen LogP contribution in [0.3, 0.4) is 0 Å². The summed E-state index contributed by atoms with van der Waals surface area (Å²) in [5, 5.41) is 0. The zero-order chi connectivity index (χ0) is 14.5. The van der Waals surface area contributed by atoms with Crippen molar-refractivity contribution < 1.29 is 9.53 Å². The fourth-order valence-corrected chi connectivity index (χ4v) is 2.72. The van der Waals surface area contributed by atoms with Gasteiger partial charge in [-0.1, -0.05) is 6.07 Å². The first-order valence-electron chi connectivity index (χ1n) is 7.01. The van der Waals surface area contributed by atoms with E-state index in [4.69, 9.17) is 16.2 Å². The Balaban J connectivity index is 1.96. The molecule has 0 spiro atoms. The molecule has 1 saturated heterocycles. The average Bonchev–Trinajstić information content (AvgIpc) is 2.47. The van der Waals surface area contributed by atoms with Gasteiger partial charge in [-0.3, -0.25) is 9.69 Å².